The Morgan fingerprint density at radius 2 is 1.90 bits per heavy atom. The fourth-order valence-corrected chi connectivity index (χ4v) is 2.75. The standard InChI is InChI=1S/C16H23N5/c17-11-16(19-20-9-5-2-6-10-20)14-12-18-21(13-14)15-7-3-1-4-8-15/h1,3-4,7-8,12-13,16,19H,2,5-6,9-11,17H2. The zero-order valence-corrected chi connectivity index (χ0v) is 12.3. The van der Waals surface area contributed by atoms with Crippen molar-refractivity contribution in [2.45, 2.75) is 25.3 Å². The Balaban J connectivity index is 1.71. The Labute approximate surface area is 125 Å². The smallest absolute Gasteiger partial charge is 0.0645 e. The average Bonchev–Trinajstić information content (AvgIpc) is 3.04. The summed E-state index contributed by atoms with van der Waals surface area (Å²) in [4.78, 5) is 0. The number of rotatable bonds is 5. The number of para-hydroxylation sites is 1. The molecular weight excluding hydrogens is 262 g/mol. The Bertz CT molecular complexity index is 545. The Kier molecular flexibility index (Phi) is 4.65. The number of nitrogens with zero attached hydrogens (tertiary/aromatic N) is 3. The van der Waals surface area contributed by atoms with Crippen molar-refractivity contribution in [2.24, 2.45) is 5.73 Å². The normalized spacial score (nSPS) is 17.8. The van der Waals surface area contributed by atoms with E-state index in [9.17, 15) is 0 Å². The van der Waals surface area contributed by atoms with E-state index >= 15 is 0 Å². The molecule has 2 heterocycles. The monoisotopic (exact) mass is 285 g/mol. The Hall–Kier alpha value is -1.69. The van der Waals surface area contributed by atoms with Gasteiger partial charge in [-0.05, 0) is 25.0 Å². The predicted molar refractivity (Wildman–Crippen MR) is 83.9 cm³/mol. The second-order valence-electron chi connectivity index (χ2n) is 5.52. The first kappa shape index (κ1) is 14.3. The van der Waals surface area contributed by atoms with Crippen LogP contribution in [0.5, 0.6) is 0 Å². The predicted octanol–water partition coefficient (Wildman–Crippen LogP) is 1.86. The largest absolute Gasteiger partial charge is 0.329 e. The molecule has 1 aromatic carbocycles. The van der Waals surface area contributed by atoms with Gasteiger partial charge in [0.1, 0.15) is 0 Å². The van der Waals surface area contributed by atoms with Gasteiger partial charge in [-0.15, -0.1) is 0 Å². The molecule has 1 fully saturated rings. The van der Waals surface area contributed by atoms with E-state index in [4.69, 9.17) is 5.73 Å². The van der Waals surface area contributed by atoms with Gasteiger partial charge in [-0.1, -0.05) is 24.6 Å². The highest BCUT2D eigenvalue weighted by atomic mass is 15.5. The van der Waals surface area contributed by atoms with Crippen molar-refractivity contribution in [1.82, 2.24) is 20.2 Å². The minimum atomic E-state index is 0.126. The molecule has 2 aromatic rings. The van der Waals surface area contributed by atoms with Crippen molar-refractivity contribution in [1.29, 1.82) is 0 Å². The number of hydrazine groups is 1. The summed E-state index contributed by atoms with van der Waals surface area (Å²) in [5.74, 6) is 0. The van der Waals surface area contributed by atoms with Gasteiger partial charge >= 0.3 is 0 Å². The van der Waals surface area contributed by atoms with Gasteiger partial charge < -0.3 is 5.73 Å². The molecule has 1 aliphatic rings. The molecule has 112 valence electrons. The molecule has 1 atom stereocenters. The molecule has 0 bridgehead atoms. The third-order valence-electron chi connectivity index (χ3n) is 3.96. The van der Waals surface area contributed by atoms with Crippen molar-refractivity contribution >= 4 is 0 Å². The van der Waals surface area contributed by atoms with E-state index in [0.29, 0.717) is 6.54 Å². The topological polar surface area (TPSA) is 59.1 Å². The Morgan fingerprint density at radius 1 is 1.14 bits per heavy atom. The second kappa shape index (κ2) is 6.85. The molecule has 5 nitrogen and oxygen atoms in total. The number of nitrogens with one attached hydrogen (secondary N) is 1. The number of hydrogen-bond acceptors (Lipinski definition) is 4. The second-order valence-corrected chi connectivity index (χ2v) is 5.52. The average molecular weight is 285 g/mol. The third kappa shape index (κ3) is 3.50. The van der Waals surface area contributed by atoms with E-state index in [1.807, 2.05) is 41.2 Å². The molecule has 0 amide bonds. The third-order valence-corrected chi connectivity index (χ3v) is 3.96. The summed E-state index contributed by atoms with van der Waals surface area (Å²) in [6, 6.07) is 10.3. The maximum Gasteiger partial charge on any atom is 0.0645 e. The van der Waals surface area contributed by atoms with Crippen LogP contribution in [0.1, 0.15) is 30.9 Å². The van der Waals surface area contributed by atoms with Gasteiger partial charge in [-0.2, -0.15) is 5.10 Å². The van der Waals surface area contributed by atoms with Crippen molar-refractivity contribution in [3.05, 3.63) is 48.3 Å². The van der Waals surface area contributed by atoms with Gasteiger partial charge in [0.15, 0.2) is 0 Å². The molecule has 0 aliphatic carbocycles. The molecule has 1 unspecified atom stereocenters. The van der Waals surface area contributed by atoms with E-state index in [1.165, 1.54) is 19.3 Å². The fourth-order valence-electron chi connectivity index (χ4n) is 2.75. The number of piperidine rings is 1. The van der Waals surface area contributed by atoms with Crippen LogP contribution >= 0.6 is 0 Å². The van der Waals surface area contributed by atoms with E-state index in [0.717, 1.165) is 24.3 Å². The molecule has 1 saturated heterocycles. The van der Waals surface area contributed by atoms with E-state index in [2.05, 4.69) is 21.7 Å². The zero-order valence-electron chi connectivity index (χ0n) is 12.3. The number of nitrogens with two attached hydrogens (primary N) is 1. The molecule has 5 heteroatoms. The van der Waals surface area contributed by atoms with Crippen molar-refractivity contribution < 1.29 is 0 Å². The van der Waals surface area contributed by atoms with Crippen LogP contribution in [0.25, 0.3) is 5.69 Å². The molecule has 0 saturated carbocycles. The maximum atomic E-state index is 5.94. The van der Waals surface area contributed by atoms with Crippen LogP contribution in [0, 0.1) is 0 Å². The van der Waals surface area contributed by atoms with Gasteiger partial charge in [0.05, 0.1) is 17.9 Å². The first-order valence-corrected chi connectivity index (χ1v) is 7.68. The summed E-state index contributed by atoms with van der Waals surface area (Å²) in [5.41, 5.74) is 11.7. The van der Waals surface area contributed by atoms with Crippen LogP contribution in [0.4, 0.5) is 0 Å². The van der Waals surface area contributed by atoms with Crippen LogP contribution in [-0.4, -0.2) is 34.4 Å². The van der Waals surface area contributed by atoms with E-state index in [1.54, 1.807) is 0 Å². The number of hydrogen-bond donors (Lipinski definition) is 2. The number of benzene rings is 1. The van der Waals surface area contributed by atoms with Crippen molar-refractivity contribution in [2.75, 3.05) is 19.6 Å². The highest BCUT2D eigenvalue weighted by Gasteiger charge is 2.17. The summed E-state index contributed by atoms with van der Waals surface area (Å²) in [6.07, 6.45) is 7.81. The highest BCUT2D eigenvalue weighted by Crippen LogP contribution is 2.16. The lowest BCUT2D eigenvalue weighted by atomic mass is 10.1. The summed E-state index contributed by atoms with van der Waals surface area (Å²) in [5, 5.41) is 6.74. The van der Waals surface area contributed by atoms with Gasteiger partial charge in [-0.3, -0.25) is 0 Å². The summed E-state index contributed by atoms with van der Waals surface area (Å²) >= 11 is 0. The van der Waals surface area contributed by atoms with Crippen LogP contribution in [0.2, 0.25) is 0 Å². The minimum absolute atomic E-state index is 0.126. The lowest BCUT2D eigenvalue weighted by molar-refractivity contribution is 0.130. The van der Waals surface area contributed by atoms with Gasteiger partial charge in [0.2, 0.25) is 0 Å². The Morgan fingerprint density at radius 3 is 2.62 bits per heavy atom. The molecule has 1 aromatic heterocycles. The summed E-state index contributed by atoms with van der Waals surface area (Å²) in [7, 11) is 0. The quantitative estimate of drug-likeness (QED) is 0.880. The van der Waals surface area contributed by atoms with E-state index in [-0.39, 0.29) is 6.04 Å². The molecule has 3 N–H and O–H groups in total. The molecule has 21 heavy (non-hydrogen) atoms. The zero-order chi connectivity index (χ0) is 14.5. The van der Waals surface area contributed by atoms with Crippen molar-refractivity contribution in [3.63, 3.8) is 0 Å². The van der Waals surface area contributed by atoms with Crippen LogP contribution < -0.4 is 11.2 Å². The van der Waals surface area contributed by atoms with Crippen LogP contribution in [-0.2, 0) is 0 Å². The molecule has 1 aliphatic heterocycles. The van der Waals surface area contributed by atoms with Gasteiger partial charge in [0, 0.05) is 31.4 Å². The molecule has 0 radical (unpaired) electrons. The van der Waals surface area contributed by atoms with Gasteiger partial charge in [0.25, 0.3) is 0 Å². The highest BCUT2D eigenvalue weighted by molar-refractivity contribution is 5.31. The molecular formula is C16H23N5. The summed E-state index contributed by atoms with van der Waals surface area (Å²) < 4.78 is 1.90. The molecule has 3 rings (SSSR count). The van der Waals surface area contributed by atoms with Crippen LogP contribution in [0.15, 0.2) is 42.7 Å². The minimum Gasteiger partial charge on any atom is -0.329 e. The fraction of sp³-hybridized carbons (Fsp3) is 0.438. The van der Waals surface area contributed by atoms with Gasteiger partial charge in [-0.25, -0.2) is 15.1 Å². The maximum absolute atomic E-state index is 5.94. The lowest BCUT2D eigenvalue weighted by Crippen LogP contribution is -2.45. The van der Waals surface area contributed by atoms with Crippen LogP contribution in [0.3, 0.4) is 0 Å². The van der Waals surface area contributed by atoms with Crippen molar-refractivity contribution in [3.8, 4) is 5.69 Å². The number of aromatic nitrogens is 2. The molecule has 0 spiro atoms. The lowest BCUT2D eigenvalue weighted by Gasteiger charge is -2.30. The summed E-state index contributed by atoms with van der Waals surface area (Å²) in [6.45, 7) is 2.77. The van der Waals surface area contributed by atoms with E-state index < -0.39 is 0 Å². The first-order valence-electron chi connectivity index (χ1n) is 7.68. The first-order chi connectivity index (χ1) is 10.4. The SMILES string of the molecule is NCC(NN1CCCCC1)c1cnn(-c2ccccc2)c1.